The number of rotatable bonds is 7. The van der Waals surface area contributed by atoms with E-state index < -0.39 is 34.0 Å². The van der Waals surface area contributed by atoms with Crippen LogP contribution in [0.2, 0.25) is 0 Å². The molecule has 0 spiro atoms. The monoisotopic (exact) mass is 395 g/mol. The number of nitrogens with one attached hydrogen (secondary N) is 2. The van der Waals surface area contributed by atoms with Crippen LogP contribution in [-0.4, -0.2) is 32.4 Å². The normalized spacial score (nSPS) is 12.2. The minimum atomic E-state index is -3.81. The maximum atomic E-state index is 12.2. The minimum Gasteiger partial charge on any atom is -0.468 e. The lowest BCUT2D eigenvalue weighted by Gasteiger charge is -2.12. The number of esters is 1. The van der Waals surface area contributed by atoms with Crippen molar-refractivity contribution in [3.8, 4) is 0 Å². The Morgan fingerprint density at radius 3 is 2.41 bits per heavy atom. The quantitative estimate of drug-likeness (QED) is 0.576. The number of carbonyl (C=O) groups excluding carboxylic acids is 3. The molecular formula is C16H17N3O7S. The van der Waals surface area contributed by atoms with E-state index in [0.29, 0.717) is 5.76 Å². The molecule has 10 nitrogen and oxygen atoms in total. The molecule has 0 radical (unpaired) electrons. The first-order chi connectivity index (χ1) is 12.7. The van der Waals surface area contributed by atoms with Crippen molar-refractivity contribution in [3.05, 3.63) is 54.0 Å². The summed E-state index contributed by atoms with van der Waals surface area (Å²) in [5.41, 5.74) is 4.83. The van der Waals surface area contributed by atoms with Crippen LogP contribution in [0.1, 0.15) is 23.0 Å². The minimum absolute atomic E-state index is 0.0222. The van der Waals surface area contributed by atoms with Gasteiger partial charge in [0.2, 0.25) is 10.0 Å². The van der Waals surface area contributed by atoms with Gasteiger partial charge in [0.05, 0.1) is 23.3 Å². The molecule has 0 bridgehead atoms. The molecule has 2 aromatic rings. The highest BCUT2D eigenvalue weighted by Crippen LogP contribution is 2.13. The highest BCUT2D eigenvalue weighted by molar-refractivity contribution is 7.89. The molecule has 1 aromatic heterocycles. The first-order valence-corrected chi connectivity index (χ1v) is 9.11. The first kappa shape index (κ1) is 20.1. The van der Waals surface area contributed by atoms with Crippen LogP contribution >= 0.6 is 0 Å². The van der Waals surface area contributed by atoms with Crippen molar-refractivity contribution in [1.29, 1.82) is 0 Å². The summed E-state index contributed by atoms with van der Waals surface area (Å²) in [6.45, 7) is 1.24. The Morgan fingerprint density at radius 1 is 1.19 bits per heavy atom. The number of sulfonamides is 1. The molecule has 0 aliphatic heterocycles. The van der Waals surface area contributed by atoms with E-state index in [2.05, 4.69) is 4.72 Å². The van der Waals surface area contributed by atoms with Gasteiger partial charge in [0.1, 0.15) is 5.76 Å². The third-order valence-corrected chi connectivity index (χ3v) is 4.73. The number of furan rings is 1. The average molecular weight is 395 g/mol. The zero-order valence-corrected chi connectivity index (χ0v) is 15.0. The maximum absolute atomic E-state index is 12.2. The lowest BCUT2D eigenvalue weighted by atomic mass is 10.2. The van der Waals surface area contributed by atoms with E-state index in [9.17, 15) is 22.8 Å². The number of ether oxygens (including phenoxy) is 1. The van der Waals surface area contributed by atoms with Gasteiger partial charge in [-0.3, -0.25) is 10.1 Å². The number of benzene rings is 1. The molecule has 3 amide bonds. The van der Waals surface area contributed by atoms with Gasteiger partial charge in [0, 0.05) is 0 Å². The van der Waals surface area contributed by atoms with E-state index in [0.717, 1.165) is 0 Å². The Balaban J connectivity index is 2.00. The summed E-state index contributed by atoms with van der Waals surface area (Å²) in [7, 11) is -3.81. The molecule has 0 saturated carbocycles. The van der Waals surface area contributed by atoms with Crippen molar-refractivity contribution in [2.45, 2.75) is 24.5 Å². The Kier molecular flexibility index (Phi) is 6.32. The van der Waals surface area contributed by atoms with Gasteiger partial charge in [0.15, 0.2) is 6.10 Å². The van der Waals surface area contributed by atoms with Gasteiger partial charge in [-0.2, -0.15) is 0 Å². The fourth-order valence-electron chi connectivity index (χ4n) is 1.94. The van der Waals surface area contributed by atoms with Crippen molar-refractivity contribution < 1.29 is 32.0 Å². The van der Waals surface area contributed by atoms with Crippen LogP contribution in [0.4, 0.5) is 4.79 Å². The van der Waals surface area contributed by atoms with Crippen molar-refractivity contribution in [2.24, 2.45) is 5.73 Å². The lowest BCUT2D eigenvalue weighted by Crippen LogP contribution is -2.42. The highest BCUT2D eigenvalue weighted by atomic mass is 32.2. The lowest BCUT2D eigenvalue weighted by molar-refractivity contribution is -0.127. The molecule has 2 rings (SSSR count). The van der Waals surface area contributed by atoms with Crippen molar-refractivity contribution in [3.63, 3.8) is 0 Å². The van der Waals surface area contributed by atoms with Gasteiger partial charge < -0.3 is 14.9 Å². The van der Waals surface area contributed by atoms with Crippen LogP contribution in [-0.2, 0) is 26.1 Å². The molecule has 0 aliphatic rings. The molecule has 11 heteroatoms. The summed E-state index contributed by atoms with van der Waals surface area (Å²) in [6.07, 6.45) is 0.165. The SMILES string of the molecule is CC(OC(=O)c1ccc(S(=O)(=O)NCc2ccco2)cc1)C(=O)NC(N)=O. The van der Waals surface area contributed by atoms with E-state index in [4.69, 9.17) is 14.9 Å². The summed E-state index contributed by atoms with van der Waals surface area (Å²) < 4.78 is 36.7. The number of amides is 3. The number of hydrogen-bond acceptors (Lipinski definition) is 7. The number of nitrogens with two attached hydrogens (primary N) is 1. The van der Waals surface area contributed by atoms with E-state index in [-0.39, 0.29) is 17.0 Å². The predicted molar refractivity (Wildman–Crippen MR) is 91.8 cm³/mol. The van der Waals surface area contributed by atoms with Crippen molar-refractivity contribution in [2.75, 3.05) is 0 Å². The Bertz CT molecular complexity index is 921. The second-order valence-electron chi connectivity index (χ2n) is 5.33. The molecule has 0 saturated heterocycles. The summed E-state index contributed by atoms with van der Waals surface area (Å²) in [6, 6.07) is 7.10. The average Bonchev–Trinajstić information content (AvgIpc) is 3.13. The third kappa shape index (κ3) is 5.66. The summed E-state index contributed by atoms with van der Waals surface area (Å²) in [4.78, 5) is 34.0. The van der Waals surface area contributed by atoms with Gasteiger partial charge in [-0.1, -0.05) is 0 Å². The molecule has 4 N–H and O–H groups in total. The van der Waals surface area contributed by atoms with Crippen LogP contribution < -0.4 is 15.8 Å². The van der Waals surface area contributed by atoms with Crippen LogP contribution in [0.5, 0.6) is 0 Å². The summed E-state index contributed by atoms with van der Waals surface area (Å²) in [5.74, 6) is -1.30. The van der Waals surface area contributed by atoms with Crippen molar-refractivity contribution >= 4 is 27.9 Å². The Morgan fingerprint density at radius 2 is 1.85 bits per heavy atom. The summed E-state index contributed by atoms with van der Waals surface area (Å²) in [5, 5.41) is 1.78. The zero-order chi connectivity index (χ0) is 20.0. The Labute approximate surface area is 154 Å². The van der Waals surface area contributed by atoms with Gasteiger partial charge in [0.25, 0.3) is 5.91 Å². The molecule has 1 heterocycles. The number of imide groups is 1. The summed E-state index contributed by atoms with van der Waals surface area (Å²) >= 11 is 0. The molecule has 0 fully saturated rings. The van der Waals surface area contributed by atoms with Crippen molar-refractivity contribution in [1.82, 2.24) is 10.0 Å². The maximum Gasteiger partial charge on any atom is 0.338 e. The molecule has 144 valence electrons. The molecular weight excluding hydrogens is 378 g/mol. The second-order valence-corrected chi connectivity index (χ2v) is 7.10. The smallest absolute Gasteiger partial charge is 0.338 e. The number of primary amides is 1. The third-order valence-electron chi connectivity index (χ3n) is 3.32. The molecule has 0 aliphatic carbocycles. The van der Waals surface area contributed by atoms with E-state index in [1.165, 1.54) is 37.5 Å². The van der Waals surface area contributed by atoms with Crippen LogP contribution in [0.25, 0.3) is 0 Å². The van der Waals surface area contributed by atoms with Crippen LogP contribution in [0.15, 0.2) is 52.0 Å². The van der Waals surface area contributed by atoms with Gasteiger partial charge in [-0.15, -0.1) is 0 Å². The molecule has 1 unspecified atom stereocenters. The molecule has 1 atom stereocenters. The Hall–Kier alpha value is -3.18. The topological polar surface area (TPSA) is 158 Å². The van der Waals surface area contributed by atoms with Gasteiger partial charge >= 0.3 is 12.0 Å². The highest BCUT2D eigenvalue weighted by Gasteiger charge is 2.21. The standard InChI is InChI=1S/C16H17N3O7S/c1-10(14(20)19-16(17)22)26-15(21)11-4-6-13(7-5-11)27(23,24)18-9-12-3-2-8-25-12/h2-8,10,18H,9H2,1H3,(H3,17,19,20,22). The molecule has 27 heavy (non-hydrogen) atoms. The molecule has 1 aromatic carbocycles. The van der Waals surface area contributed by atoms with E-state index in [1.807, 2.05) is 0 Å². The van der Waals surface area contributed by atoms with Gasteiger partial charge in [-0.25, -0.2) is 22.7 Å². The number of hydrogen-bond donors (Lipinski definition) is 3. The fourth-order valence-corrected chi connectivity index (χ4v) is 2.93. The van der Waals surface area contributed by atoms with Crippen LogP contribution in [0, 0.1) is 0 Å². The predicted octanol–water partition coefficient (Wildman–Crippen LogP) is 0.498. The van der Waals surface area contributed by atoms with Crippen LogP contribution in [0.3, 0.4) is 0 Å². The fraction of sp³-hybridized carbons (Fsp3) is 0.188. The first-order valence-electron chi connectivity index (χ1n) is 7.62. The largest absolute Gasteiger partial charge is 0.468 e. The second kappa shape index (κ2) is 8.47. The van der Waals surface area contributed by atoms with E-state index in [1.54, 1.807) is 17.4 Å². The number of carbonyl (C=O) groups is 3. The zero-order valence-electron chi connectivity index (χ0n) is 14.2. The number of urea groups is 1. The van der Waals surface area contributed by atoms with E-state index >= 15 is 0 Å². The van der Waals surface area contributed by atoms with Gasteiger partial charge in [-0.05, 0) is 43.3 Å².